The zero-order valence-electron chi connectivity index (χ0n) is 9.06. The molecule has 4 aromatic rings. The van der Waals surface area contributed by atoms with Crippen molar-refractivity contribution in [3.8, 4) is 0 Å². The van der Waals surface area contributed by atoms with Crippen molar-refractivity contribution in [2.24, 2.45) is 0 Å². The molecule has 0 amide bonds. The van der Waals surface area contributed by atoms with Crippen LogP contribution in [0, 0.1) is 4.77 Å². The minimum atomic E-state index is 0.438. The standard InChI is InChI=1S/C12H7N3S3/c13-10-9-8-5-3-4-17-6(5)1-2-7(8)18-11(9)15-12(16)14-10/h1-4H,(H3,13,14,15,16). The number of thiophene rings is 2. The van der Waals surface area contributed by atoms with E-state index in [0.717, 1.165) is 10.2 Å². The summed E-state index contributed by atoms with van der Waals surface area (Å²) in [7, 11) is 0. The molecule has 3 aromatic heterocycles. The Morgan fingerprint density at radius 3 is 2.89 bits per heavy atom. The van der Waals surface area contributed by atoms with E-state index in [1.54, 1.807) is 22.7 Å². The summed E-state index contributed by atoms with van der Waals surface area (Å²) < 4.78 is 2.90. The summed E-state index contributed by atoms with van der Waals surface area (Å²) in [5.74, 6) is 0.606. The second kappa shape index (κ2) is 3.50. The Labute approximate surface area is 115 Å². The molecule has 0 bridgehead atoms. The molecule has 0 unspecified atom stereocenters. The van der Waals surface area contributed by atoms with Crippen LogP contribution in [-0.2, 0) is 0 Å². The lowest BCUT2D eigenvalue weighted by Gasteiger charge is -1.98. The van der Waals surface area contributed by atoms with E-state index >= 15 is 0 Å². The van der Waals surface area contributed by atoms with Gasteiger partial charge in [-0.25, -0.2) is 4.98 Å². The number of nitrogens with one attached hydrogen (secondary N) is 1. The highest BCUT2D eigenvalue weighted by Crippen LogP contribution is 2.40. The molecule has 3 heterocycles. The maximum atomic E-state index is 6.08. The maximum Gasteiger partial charge on any atom is 0.199 e. The van der Waals surface area contributed by atoms with Crippen molar-refractivity contribution in [2.75, 3.05) is 5.73 Å². The predicted molar refractivity (Wildman–Crippen MR) is 82.1 cm³/mol. The van der Waals surface area contributed by atoms with E-state index in [1.165, 1.54) is 20.2 Å². The fourth-order valence-corrected chi connectivity index (χ4v) is 4.42. The summed E-state index contributed by atoms with van der Waals surface area (Å²) in [4.78, 5) is 8.21. The predicted octanol–water partition coefficient (Wildman–Crippen LogP) is 4.30. The van der Waals surface area contributed by atoms with Crippen LogP contribution in [0.3, 0.4) is 0 Å². The average molecular weight is 289 g/mol. The molecule has 1 aromatic carbocycles. The molecule has 18 heavy (non-hydrogen) atoms. The van der Waals surface area contributed by atoms with Crippen LogP contribution < -0.4 is 5.73 Å². The van der Waals surface area contributed by atoms with Crippen molar-refractivity contribution >= 4 is 71.1 Å². The first-order valence-electron chi connectivity index (χ1n) is 5.32. The van der Waals surface area contributed by atoms with Gasteiger partial charge in [-0.2, -0.15) is 0 Å². The van der Waals surface area contributed by atoms with Crippen molar-refractivity contribution in [1.82, 2.24) is 9.97 Å². The Morgan fingerprint density at radius 2 is 2.00 bits per heavy atom. The Bertz CT molecular complexity index is 961. The number of benzene rings is 1. The number of fused-ring (bicyclic) bond motifs is 5. The lowest BCUT2D eigenvalue weighted by atomic mass is 10.1. The van der Waals surface area contributed by atoms with Crippen LogP contribution in [0.5, 0.6) is 0 Å². The van der Waals surface area contributed by atoms with E-state index in [4.69, 9.17) is 18.0 Å². The van der Waals surface area contributed by atoms with E-state index in [2.05, 4.69) is 33.5 Å². The highest BCUT2D eigenvalue weighted by molar-refractivity contribution is 7.71. The topological polar surface area (TPSA) is 54.7 Å². The maximum absolute atomic E-state index is 6.08. The third-order valence-electron chi connectivity index (χ3n) is 2.98. The number of H-pyrrole nitrogens is 1. The monoisotopic (exact) mass is 289 g/mol. The number of nitrogen functional groups attached to an aromatic ring is 1. The highest BCUT2D eigenvalue weighted by Gasteiger charge is 2.13. The molecular formula is C12H7N3S3. The summed E-state index contributed by atoms with van der Waals surface area (Å²) in [6.45, 7) is 0. The molecule has 0 fully saturated rings. The first-order valence-corrected chi connectivity index (χ1v) is 7.43. The van der Waals surface area contributed by atoms with Gasteiger partial charge in [-0.15, -0.1) is 22.7 Å². The minimum Gasteiger partial charge on any atom is -0.385 e. The first-order chi connectivity index (χ1) is 8.74. The highest BCUT2D eigenvalue weighted by atomic mass is 32.1. The molecule has 4 rings (SSSR count). The first kappa shape index (κ1) is 10.4. The largest absolute Gasteiger partial charge is 0.385 e. The Morgan fingerprint density at radius 1 is 1.17 bits per heavy atom. The third kappa shape index (κ3) is 1.28. The van der Waals surface area contributed by atoms with E-state index in [-0.39, 0.29) is 0 Å². The number of nitrogens with zero attached hydrogens (tertiary/aromatic N) is 1. The molecule has 0 radical (unpaired) electrons. The SMILES string of the molecule is Nc1[nH]c(=S)nc2sc3ccc4sccc4c3c12. The molecule has 88 valence electrons. The van der Waals surface area contributed by atoms with Crippen molar-refractivity contribution in [3.63, 3.8) is 0 Å². The van der Waals surface area contributed by atoms with Crippen LogP contribution in [0.15, 0.2) is 23.6 Å². The van der Waals surface area contributed by atoms with Gasteiger partial charge in [-0.05, 0) is 35.8 Å². The van der Waals surface area contributed by atoms with Gasteiger partial charge < -0.3 is 10.7 Å². The van der Waals surface area contributed by atoms with Crippen LogP contribution in [0.1, 0.15) is 0 Å². The molecule has 0 aliphatic heterocycles. The van der Waals surface area contributed by atoms with Gasteiger partial charge in [0, 0.05) is 20.2 Å². The molecule has 0 saturated carbocycles. The van der Waals surface area contributed by atoms with Crippen LogP contribution in [0.25, 0.3) is 30.4 Å². The van der Waals surface area contributed by atoms with Gasteiger partial charge in [0.05, 0.1) is 5.39 Å². The van der Waals surface area contributed by atoms with Crippen LogP contribution in [-0.4, -0.2) is 9.97 Å². The summed E-state index contributed by atoms with van der Waals surface area (Å²) in [6.07, 6.45) is 0. The number of anilines is 1. The van der Waals surface area contributed by atoms with Crippen molar-refractivity contribution in [2.45, 2.75) is 0 Å². The van der Waals surface area contributed by atoms with E-state index in [0.29, 0.717) is 10.6 Å². The van der Waals surface area contributed by atoms with Crippen molar-refractivity contribution in [1.29, 1.82) is 0 Å². The molecule has 3 nitrogen and oxygen atoms in total. The zero-order chi connectivity index (χ0) is 12.3. The third-order valence-corrected chi connectivity index (χ3v) is 5.11. The average Bonchev–Trinajstić information content (AvgIpc) is 2.89. The molecule has 0 saturated heterocycles. The number of aromatic amines is 1. The summed E-state index contributed by atoms with van der Waals surface area (Å²) in [5, 5.41) is 5.52. The quantitative estimate of drug-likeness (QED) is 0.474. The molecule has 6 heteroatoms. The lowest BCUT2D eigenvalue weighted by Crippen LogP contribution is -1.92. The molecule has 0 aliphatic carbocycles. The molecule has 0 atom stereocenters. The minimum absolute atomic E-state index is 0.438. The van der Waals surface area contributed by atoms with E-state index in [1.807, 2.05) is 0 Å². The second-order valence-electron chi connectivity index (χ2n) is 4.01. The van der Waals surface area contributed by atoms with Crippen LogP contribution in [0.2, 0.25) is 0 Å². The van der Waals surface area contributed by atoms with Gasteiger partial charge >= 0.3 is 0 Å². The molecular weight excluding hydrogens is 282 g/mol. The second-order valence-corrected chi connectivity index (χ2v) is 6.37. The normalized spacial score (nSPS) is 11.8. The van der Waals surface area contributed by atoms with Crippen LogP contribution in [0.4, 0.5) is 5.82 Å². The summed E-state index contributed by atoms with van der Waals surface area (Å²) in [6, 6.07) is 6.41. The van der Waals surface area contributed by atoms with Crippen LogP contribution >= 0.6 is 34.9 Å². The number of hydrogen-bond acceptors (Lipinski definition) is 5. The number of hydrogen-bond donors (Lipinski definition) is 2. The van der Waals surface area contributed by atoms with Gasteiger partial charge in [0.2, 0.25) is 0 Å². The number of nitrogens with two attached hydrogens (primary N) is 1. The lowest BCUT2D eigenvalue weighted by molar-refractivity contribution is 1.21. The van der Waals surface area contributed by atoms with Gasteiger partial charge in [0.1, 0.15) is 10.6 Å². The summed E-state index contributed by atoms with van der Waals surface area (Å²) in [5.41, 5.74) is 6.08. The van der Waals surface area contributed by atoms with E-state index < -0.39 is 0 Å². The van der Waals surface area contributed by atoms with Gasteiger partial charge in [-0.3, -0.25) is 0 Å². The number of aromatic nitrogens is 2. The Hall–Kier alpha value is -1.50. The van der Waals surface area contributed by atoms with Gasteiger partial charge in [0.25, 0.3) is 0 Å². The fraction of sp³-hybridized carbons (Fsp3) is 0. The van der Waals surface area contributed by atoms with Crippen molar-refractivity contribution in [3.05, 3.63) is 28.4 Å². The zero-order valence-corrected chi connectivity index (χ0v) is 11.5. The Balaban J connectivity index is 2.42. The summed E-state index contributed by atoms with van der Waals surface area (Å²) >= 11 is 8.44. The van der Waals surface area contributed by atoms with Gasteiger partial charge in [0.15, 0.2) is 4.77 Å². The Kier molecular flexibility index (Phi) is 2.03. The fourth-order valence-electron chi connectivity index (χ4n) is 2.26. The molecule has 0 spiro atoms. The van der Waals surface area contributed by atoms with E-state index in [9.17, 15) is 0 Å². The molecule has 3 N–H and O–H groups in total. The smallest absolute Gasteiger partial charge is 0.199 e. The number of rotatable bonds is 0. The molecule has 0 aliphatic rings. The van der Waals surface area contributed by atoms with Gasteiger partial charge in [-0.1, -0.05) is 0 Å². The van der Waals surface area contributed by atoms with Crippen molar-refractivity contribution < 1.29 is 0 Å².